The first kappa shape index (κ1) is 17.1. The molecule has 7 nitrogen and oxygen atoms in total. The molecule has 21 heavy (non-hydrogen) atoms. The molecule has 1 heterocycles. The van der Waals surface area contributed by atoms with Gasteiger partial charge in [0.05, 0.1) is 6.61 Å². The van der Waals surface area contributed by atoms with Gasteiger partial charge in [-0.15, -0.1) is 0 Å². The third-order valence-electron chi connectivity index (χ3n) is 2.86. The van der Waals surface area contributed by atoms with E-state index in [0.717, 1.165) is 0 Å². The topological polar surface area (TPSA) is 90.0 Å². The van der Waals surface area contributed by atoms with Crippen molar-refractivity contribution in [3.05, 3.63) is 0 Å². The minimum absolute atomic E-state index is 0.0229. The summed E-state index contributed by atoms with van der Waals surface area (Å²) >= 11 is 0. The van der Waals surface area contributed by atoms with Crippen molar-refractivity contribution in [1.82, 2.24) is 4.90 Å². The fourth-order valence-electron chi connectivity index (χ4n) is 1.90. The molecular formula is C14H21NO6. The van der Waals surface area contributed by atoms with Crippen molar-refractivity contribution in [3.63, 3.8) is 0 Å². The second-order valence-electron chi connectivity index (χ2n) is 5.78. The molecule has 1 aliphatic heterocycles. The fourth-order valence-corrected chi connectivity index (χ4v) is 1.90. The number of carbonyl (C=O) groups excluding carboxylic acids is 4. The highest BCUT2D eigenvalue weighted by atomic mass is 16.6. The van der Waals surface area contributed by atoms with Gasteiger partial charge < -0.3 is 14.4 Å². The van der Waals surface area contributed by atoms with Crippen LogP contribution in [0.1, 0.15) is 34.1 Å². The largest absolute Gasteiger partial charge is 0.460 e. The third kappa shape index (κ3) is 4.84. The van der Waals surface area contributed by atoms with Crippen molar-refractivity contribution in [3.8, 4) is 0 Å². The molecular weight excluding hydrogens is 278 g/mol. The van der Waals surface area contributed by atoms with Crippen LogP contribution < -0.4 is 0 Å². The first-order valence-corrected chi connectivity index (χ1v) is 6.87. The molecule has 0 aromatic carbocycles. The van der Waals surface area contributed by atoms with Crippen LogP contribution in [0.25, 0.3) is 0 Å². The lowest BCUT2D eigenvalue weighted by Gasteiger charge is -2.32. The quantitative estimate of drug-likeness (QED) is 0.438. The van der Waals surface area contributed by atoms with Crippen LogP contribution in [0.2, 0.25) is 0 Å². The van der Waals surface area contributed by atoms with Gasteiger partial charge in [0.15, 0.2) is 0 Å². The lowest BCUT2D eigenvalue weighted by Crippen LogP contribution is -2.49. The zero-order chi connectivity index (χ0) is 16.2. The number of carbonyl (C=O) groups is 4. The van der Waals surface area contributed by atoms with E-state index in [1.807, 2.05) is 0 Å². The molecule has 1 saturated heterocycles. The normalized spacial score (nSPS) is 19.1. The second-order valence-corrected chi connectivity index (χ2v) is 5.78. The lowest BCUT2D eigenvalue weighted by atomic mass is 9.92. The van der Waals surface area contributed by atoms with E-state index in [1.165, 1.54) is 4.90 Å². The van der Waals surface area contributed by atoms with Crippen LogP contribution in [0.15, 0.2) is 0 Å². The second kappa shape index (κ2) is 6.69. The lowest BCUT2D eigenvalue weighted by molar-refractivity contribution is -0.157. The first-order chi connectivity index (χ1) is 9.65. The molecule has 0 radical (unpaired) electrons. The van der Waals surface area contributed by atoms with E-state index in [2.05, 4.69) is 4.74 Å². The molecule has 0 N–H and O–H groups in total. The van der Waals surface area contributed by atoms with Gasteiger partial charge in [0.25, 0.3) is 5.78 Å². The monoisotopic (exact) mass is 299 g/mol. The van der Waals surface area contributed by atoms with E-state index in [0.29, 0.717) is 0 Å². The van der Waals surface area contributed by atoms with Gasteiger partial charge >= 0.3 is 12.1 Å². The van der Waals surface area contributed by atoms with Gasteiger partial charge in [0.2, 0.25) is 0 Å². The van der Waals surface area contributed by atoms with Crippen LogP contribution >= 0.6 is 0 Å². The zero-order valence-corrected chi connectivity index (χ0v) is 12.8. The van der Waals surface area contributed by atoms with E-state index in [-0.39, 0.29) is 31.9 Å². The zero-order valence-electron chi connectivity index (χ0n) is 12.8. The summed E-state index contributed by atoms with van der Waals surface area (Å²) in [5, 5.41) is 0. The number of piperidine rings is 1. The molecule has 0 aromatic heterocycles. The molecule has 0 unspecified atom stereocenters. The SMILES string of the molecule is CCOC(=O)C(=O)[C@H]1CN(C(=O)OC(C)(C)C)CCC1=O. The molecule has 7 heteroatoms. The maximum absolute atomic E-state index is 11.9. The summed E-state index contributed by atoms with van der Waals surface area (Å²) in [6, 6.07) is 0. The number of esters is 1. The predicted molar refractivity (Wildman–Crippen MR) is 72.6 cm³/mol. The molecule has 1 fully saturated rings. The highest BCUT2D eigenvalue weighted by molar-refractivity contribution is 6.38. The average Bonchev–Trinajstić information content (AvgIpc) is 2.36. The van der Waals surface area contributed by atoms with Crippen LogP contribution in [0.3, 0.4) is 0 Å². The Labute approximate surface area is 123 Å². The molecule has 1 amide bonds. The van der Waals surface area contributed by atoms with Gasteiger partial charge in [0.1, 0.15) is 17.3 Å². The standard InChI is InChI=1S/C14H21NO6/c1-5-20-12(18)11(17)9-8-15(7-6-10(9)16)13(19)21-14(2,3)4/h9H,5-8H2,1-4H3/t9-/m0/s1. The molecule has 0 aliphatic carbocycles. The number of rotatable bonds is 3. The Hall–Kier alpha value is -1.92. The maximum atomic E-state index is 11.9. The number of hydrogen-bond donors (Lipinski definition) is 0. The van der Waals surface area contributed by atoms with Crippen LogP contribution in [-0.2, 0) is 23.9 Å². The van der Waals surface area contributed by atoms with Crippen LogP contribution in [-0.4, -0.2) is 53.8 Å². The molecule has 1 aliphatic rings. The summed E-state index contributed by atoms with van der Waals surface area (Å²) in [7, 11) is 0. The van der Waals surface area contributed by atoms with Crippen LogP contribution in [0, 0.1) is 5.92 Å². The maximum Gasteiger partial charge on any atom is 0.410 e. The van der Waals surface area contributed by atoms with Gasteiger partial charge in [-0.25, -0.2) is 9.59 Å². The van der Waals surface area contributed by atoms with Crippen LogP contribution in [0.4, 0.5) is 4.79 Å². The molecule has 118 valence electrons. The van der Waals surface area contributed by atoms with Crippen molar-refractivity contribution in [2.75, 3.05) is 19.7 Å². The summed E-state index contributed by atoms with van der Waals surface area (Å²) in [6.07, 6.45) is -0.577. The van der Waals surface area contributed by atoms with Gasteiger partial charge in [-0.3, -0.25) is 9.59 Å². The van der Waals surface area contributed by atoms with E-state index in [9.17, 15) is 19.2 Å². The van der Waals surface area contributed by atoms with E-state index in [1.54, 1.807) is 27.7 Å². The van der Waals surface area contributed by atoms with Gasteiger partial charge in [-0.05, 0) is 27.7 Å². The van der Waals surface area contributed by atoms with E-state index >= 15 is 0 Å². The molecule has 1 atom stereocenters. The Balaban J connectivity index is 2.74. The Morgan fingerprint density at radius 1 is 1.29 bits per heavy atom. The average molecular weight is 299 g/mol. The molecule has 0 saturated carbocycles. The molecule has 0 spiro atoms. The number of amides is 1. The molecule has 0 aromatic rings. The minimum Gasteiger partial charge on any atom is -0.460 e. The Morgan fingerprint density at radius 3 is 2.43 bits per heavy atom. The first-order valence-electron chi connectivity index (χ1n) is 6.87. The number of ketones is 2. The summed E-state index contributed by atoms with van der Waals surface area (Å²) in [4.78, 5) is 48.3. The predicted octanol–water partition coefficient (Wildman–Crippen LogP) is 0.945. The van der Waals surface area contributed by atoms with Crippen molar-refractivity contribution in [1.29, 1.82) is 0 Å². The highest BCUT2D eigenvalue weighted by Crippen LogP contribution is 2.18. The van der Waals surface area contributed by atoms with Crippen molar-refractivity contribution >= 4 is 23.6 Å². The smallest absolute Gasteiger partial charge is 0.410 e. The van der Waals surface area contributed by atoms with Gasteiger partial charge in [0, 0.05) is 19.5 Å². The number of Topliss-reactive ketones (excluding diaryl/α,β-unsaturated/α-hetero) is 2. The molecule has 1 rings (SSSR count). The number of hydrogen-bond acceptors (Lipinski definition) is 6. The summed E-state index contributed by atoms with van der Waals surface area (Å²) in [6.45, 7) is 6.83. The number of nitrogens with zero attached hydrogens (tertiary/aromatic N) is 1. The Morgan fingerprint density at radius 2 is 1.90 bits per heavy atom. The summed E-state index contributed by atoms with van der Waals surface area (Å²) in [5.41, 5.74) is -0.667. The Kier molecular flexibility index (Phi) is 5.46. The van der Waals surface area contributed by atoms with E-state index < -0.39 is 29.4 Å². The van der Waals surface area contributed by atoms with Crippen molar-refractivity contribution in [2.24, 2.45) is 5.92 Å². The van der Waals surface area contributed by atoms with Crippen LogP contribution in [0.5, 0.6) is 0 Å². The summed E-state index contributed by atoms with van der Waals surface area (Å²) < 4.78 is 9.80. The number of likely N-dealkylation sites (tertiary alicyclic amines) is 1. The summed E-state index contributed by atoms with van der Waals surface area (Å²) in [5.74, 6) is -3.46. The van der Waals surface area contributed by atoms with Crippen molar-refractivity contribution < 1.29 is 28.7 Å². The third-order valence-corrected chi connectivity index (χ3v) is 2.86. The highest BCUT2D eigenvalue weighted by Gasteiger charge is 2.39. The Bertz CT molecular complexity index is 451. The number of ether oxygens (including phenoxy) is 2. The minimum atomic E-state index is -1.16. The fraction of sp³-hybridized carbons (Fsp3) is 0.714. The van der Waals surface area contributed by atoms with Crippen molar-refractivity contribution in [2.45, 2.75) is 39.7 Å². The van der Waals surface area contributed by atoms with Gasteiger partial charge in [-0.2, -0.15) is 0 Å². The molecule has 0 bridgehead atoms. The van der Waals surface area contributed by atoms with E-state index in [4.69, 9.17) is 4.74 Å². The van der Waals surface area contributed by atoms with Gasteiger partial charge in [-0.1, -0.05) is 0 Å².